The predicted octanol–water partition coefficient (Wildman–Crippen LogP) is 2.78. The molecule has 18 heavy (non-hydrogen) atoms. The summed E-state index contributed by atoms with van der Waals surface area (Å²) in [4.78, 5) is 13.0. The van der Waals surface area contributed by atoms with Gasteiger partial charge in [-0.1, -0.05) is 17.2 Å². The van der Waals surface area contributed by atoms with Crippen molar-refractivity contribution in [3.63, 3.8) is 0 Å². The summed E-state index contributed by atoms with van der Waals surface area (Å²) in [7, 11) is 0. The fraction of sp³-hybridized carbons (Fsp3) is 0.455. The number of hydrogen-bond donors (Lipinski definition) is 0. The van der Waals surface area contributed by atoms with E-state index in [1.807, 2.05) is 6.07 Å². The second-order valence-corrected chi connectivity index (χ2v) is 4.15. The van der Waals surface area contributed by atoms with Crippen LogP contribution >= 0.6 is 0 Å². The number of hydrogen-bond acceptors (Lipinski definition) is 4. The van der Waals surface area contributed by atoms with E-state index < -0.39 is 4.92 Å². The molecule has 0 aliphatic carbocycles. The first-order valence-corrected chi connectivity index (χ1v) is 5.57. The molecule has 0 unspecified atom stereocenters. The third-order valence-corrected chi connectivity index (χ3v) is 2.98. The van der Waals surface area contributed by atoms with Crippen LogP contribution in [0.4, 0.5) is 5.69 Å². The Morgan fingerprint density at radius 2 is 2.44 bits per heavy atom. The van der Waals surface area contributed by atoms with Crippen molar-refractivity contribution < 1.29 is 9.66 Å². The van der Waals surface area contributed by atoms with Crippen molar-refractivity contribution in [2.75, 3.05) is 13.2 Å². The number of rotatable bonds is 4. The molecule has 0 amide bonds. The third-order valence-electron chi connectivity index (χ3n) is 2.98. The number of nitro benzene ring substituents is 1. The summed E-state index contributed by atoms with van der Waals surface area (Å²) >= 11 is 0. The molecular formula is C11H12N4O3. The molecule has 1 heterocycles. The first-order chi connectivity index (χ1) is 8.70. The molecule has 7 nitrogen and oxygen atoms in total. The normalized spacial score (nSPS) is 22.4. The van der Waals surface area contributed by atoms with Gasteiger partial charge in [0, 0.05) is 23.0 Å². The molecule has 0 radical (unpaired) electrons. The summed E-state index contributed by atoms with van der Waals surface area (Å²) < 4.78 is 5.49. The highest BCUT2D eigenvalue weighted by molar-refractivity contribution is 5.36. The van der Waals surface area contributed by atoms with E-state index in [1.54, 1.807) is 12.1 Å². The molecule has 2 rings (SSSR count). The van der Waals surface area contributed by atoms with Crippen molar-refractivity contribution >= 4 is 5.69 Å². The summed E-state index contributed by atoms with van der Waals surface area (Å²) in [6, 6.07) is 6.58. The second-order valence-electron chi connectivity index (χ2n) is 4.15. The van der Waals surface area contributed by atoms with Gasteiger partial charge in [0.2, 0.25) is 0 Å². The monoisotopic (exact) mass is 248 g/mol. The summed E-state index contributed by atoms with van der Waals surface area (Å²) in [5, 5.41) is 14.2. The lowest BCUT2D eigenvalue weighted by molar-refractivity contribution is -0.384. The average Bonchev–Trinajstić information content (AvgIpc) is 2.85. The molecule has 2 atom stereocenters. The van der Waals surface area contributed by atoms with Gasteiger partial charge in [0.1, 0.15) is 0 Å². The van der Waals surface area contributed by atoms with Crippen LogP contribution in [0.1, 0.15) is 17.9 Å². The van der Waals surface area contributed by atoms with Crippen LogP contribution < -0.4 is 0 Å². The number of benzene rings is 1. The summed E-state index contributed by atoms with van der Waals surface area (Å²) in [6.45, 7) is 0.814. The largest absolute Gasteiger partial charge is 0.377 e. The van der Waals surface area contributed by atoms with Gasteiger partial charge in [0.05, 0.1) is 24.2 Å². The number of nitrogens with zero attached hydrogens (tertiary/aromatic N) is 4. The minimum absolute atomic E-state index is 0.0889. The Morgan fingerprint density at radius 1 is 1.61 bits per heavy atom. The Morgan fingerprint density at radius 3 is 3.17 bits per heavy atom. The first kappa shape index (κ1) is 12.3. The SMILES string of the molecule is [N-]=[N+]=NC[C@H]1C[C@H](c2cccc([N+](=O)[O-])c2)CO1. The zero-order chi connectivity index (χ0) is 13.0. The summed E-state index contributed by atoms with van der Waals surface area (Å²) in [5.74, 6) is 0.129. The van der Waals surface area contributed by atoms with Crippen LogP contribution in [0.25, 0.3) is 10.4 Å². The van der Waals surface area contributed by atoms with Crippen molar-refractivity contribution in [2.24, 2.45) is 5.11 Å². The van der Waals surface area contributed by atoms with Gasteiger partial charge in [0.25, 0.3) is 5.69 Å². The lowest BCUT2D eigenvalue weighted by Gasteiger charge is -2.07. The molecule has 0 N–H and O–H groups in total. The topological polar surface area (TPSA) is 101 Å². The Kier molecular flexibility index (Phi) is 3.76. The van der Waals surface area contributed by atoms with E-state index in [-0.39, 0.29) is 17.7 Å². The Bertz CT molecular complexity index is 499. The van der Waals surface area contributed by atoms with Gasteiger partial charge in [-0.2, -0.15) is 0 Å². The quantitative estimate of drug-likeness (QED) is 0.269. The molecule has 7 heteroatoms. The van der Waals surface area contributed by atoms with Crippen molar-refractivity contribution in [1.82, 2.24) is 0 Å². The van der Waals surface area contributed by atoms with E-state index in [0.29, 0.717) is 13.2 Å². The van der Waals surface area contributed by atoms with Gasteiger partial charge in [-0.05, 0) is 17.5 Å². The number of ether oxygens (including phenoxy) is 1. The summed E-state index contributed by atoms with van der Waals surface area (Å²) in [5.41, 5.74) is 9.22. The van der Waals surface area contributed by atoms with Gasteiger partial charge >= 0.3 is 0 Å². The van der Waals surface area contributed by atoms with E-state index in [1.165, 1.54) is 6.07 Å². The molecule has 1 aliphatic heterocycles. The molecule has 0 bridgehead atoms. The van der Waals surface area contributed by atoms with E-state index in [0.717, 1.165) is 12.0 Å². The molecule has 1 saturated heterocycles. The molecule has 0 saturated carbocycles. The van der Waals surface area contributed by atoms with Crippen molar-refractivity contribution in [3.8, 4) is 0 Å². The highest BCUT2D eigenvalue weighted by Crippen LogP contribution is 2.31. The zero-order valence-corrected chi connectivity index (χ0v) is 9.60. The molecule has 94 valence electrons. The fourth-order valence-electron chi connectivity index (χ4n) is 2.09. The van der Waals surface area contributed by atoms with Crippen LogP contribution in [0.2, 0.25) is 0 Å². The van der Waals surface area contributed by atoms with E-state index >= 15 is 0 Å². The first-order valence-electron chi connectivity index (χ1n) is 5.57. The molecule has 1 aliphatic rings. The minimum atomic E-state index is -0.406. The lowest BCUT2D eigenvalue weighted by atomic mass is 9.96. The Balaban J connectivity index is 2.07. The van der Waals surface area contributed by atoms with Crippen molar-refractivity contribution in [2.45, 2.75) is 18.4 Å². The molecular weight excluding hydrogens is 236 g/mol. The van der Waals surface area contributed by atoms with Gasteiger partial charge in [-0.3, -0.25) is 10.1 Å². The molecule has 0 spiro atoms. The third kappa shape index (κ3) is 2.77. The van der Waals surface area contributed by atoms with Gasteiger partial charge < -0.3 is 4.74 Å². The zero-order valence-electron chi connectivity index (χ0n) is 9.60. The number of nitro groups is 1. The maximum Gasteiger partial charge on any atom is 0.269 e. The molecule has 0 aromatic heterocycles. The van der Waals surface area contributed by atoms with Crippen LogP contribution in [-0.2, 0) is 4.74 Å². The minimum Gasteiger partial charge on any atom is -0.377 e. The van der Waals surface area contributed by atoms with Crippen LogP contribution in [0.15, 0.2) is 29.4 Å². The van der Waals surface area contributed by atoms with E-state index in [2.05, 4.69) is 10.0 Å². The van der Waals surface area contributed by atoms with Crippen LogP contribution in [-0.4, -0.2) is 24.2 Å². The number of azide groups is 1. The smallest absolute Gasteiger partial charge is 0.269 e. The van der Waals surface area contributed by atoms with Crippen LogP contribution in [0.5, 0.6) is 0 Å². The van der Waals surface area contributed by atoms with E-state index in [9.17, 15) is 10.1 Å². The van der Waals surface area contributed by atoms with Crippen LogP contribution in [0, 0.1) is 10.1 Å². The van der Waals surface area contributed by atoms with Crippen LogP contribution in [0.3, 0.4) is 0 Å². The predicted molar refractivity (Wildman–Crippen MR) is 64.2 cm³/mol. The summed E-state index contributed by atoms with van der Waals surface area (Å²) in [6.07, 6.45) is 0.630. The standard InChI is InChI=1S/C11H12N4O3/c12-14-13-6-11-5-9(7-18-11)8-2-1-3-10(4-8)15(16)17/h1-4,9,11H,5-7H2/t9-,11+/m0/s1. The molecule has 1 aromatic rings. The van der Waals surface area contributed by atoms with Gasteiger partial charge in [-0.25, -0.2) is 0 Å². The molecule has 1 fully saturated rings. The highest BCUT2D eigenvalue weighted by Gasteiger charge is 2.26. The number of non-ortho nitro benzene ring substituents is 1. The Labute approximate surface area is 103 Å². The lowest BCUT2D eigenvalue weighted by Crippen LogP contribution is -2.08. The Hall–Kier alpha value is -2.11. The molecule has 1 aromatic carbocycles. The second kappa shape index (κ2) is 5.48. The fourth-order valence-corrected chi connectivity index (χ4v) is 2.09. The average molecular weight is 248 g/mol. The van der Waals surface area contributed by atoms with E-state index in [4.69, 9.17) is 10.3 Å². The van der Waals surface area contributed by atoms with Crippen molar-refractivity contribution in [3.05, 3.63) is 50.4 Å². The van der Waals surface area contributed by atoms with Crippen molar-refractivity contribution in [1.29, 1.82) is 0 Å². The maximum absolute atomic E-state index is 10.7. The highest BCUT2D eigenvalue weighted by atomic mass is 16.6. The van der Waals surface area contributed by atoms with Gasteiger partial charge in [0.15, 0.2) is 0 Å². The van der Waals surface area contributed by atoms with Gasteiger partial charge in [-0.15, -0.1) is 0 Å². The maximum atomic E-state index is 10.7.